The Hall–Kier alpha value is -2.54. The number of aromatic nitrogens is 1. The second-order valence-electron chi connectivity index (χ2n) is 8.09. The smallest absolute Gasteiger partial charge is 0.242 e. The Kier molecular flexibility index (Phi) is 4.70. The molecule has 1 aromatic carbocycles. The summed E-state index contributed by atoms with van der Waals surface area (Å²) in [4.78, 5) is 45.7. The zero-order valence-electron chi connectivity index (χ0n) is 16.1. The van der Waals surface area contributed by atoms with Gasteiger partial charge in [0.15, 0.2) is 0 Å². The maximum Gasteiger partial charge on any atom is 0.242 e. The number of benzene rings is 1. The number of para-hydroxylation sites is 1. The number of nitrogens with zero attached hydrogens (tertiary/aromatic N) is 3. The van der Waals surface area contributed by atoms with E-state index in [1.807, 2.05) is 30.4 Å². The molecule has 29 heavy (non-hydrogen) atoms. The monoisotopic (exact) mass is 409 g/mol. The van der Waals surface area contributed by atoms with Crippen molar-refractivity contribution in [3.63, 3.8) is 0 Å². The summed E-state index contributed by atoms with van der Waals surface area (Å²) in [5.41, 5.74) is 1.04. The van der Waals surface area contributed by atoms with Crippen molar-refractivity contribution in [1.82, 2.24) is 14.8 Å². The van der Waals surface area contributed by atoms with Gasteiger partial charge in [0.25, 0.3) is 0 Å². The highest BCUT2D eigenvalue weighted by Gasteiger charge is 2.48. The molecule has 0 radical (unpaired) electrons. The summed E-state index contributed by atoms with van der Waals surface area (Å²) in [6.45, 7) is 1.17. The Morgan fingerprint density at radius 1 is 1.03 bits per heavy atom. The van der Waals surface area contributed by atoms with Gasteiger partial charge in [-0.3, -0.25) is 19.3 Å². The molecule has 3 amide bonds. The Bertz CT molecular complexity index is 947. The average Bonchev–Trinajstić information content (AvgIpc) is 3.29. The predicted molar refractivity (Wildman–Crippen MR) is 110 cm³/mol. The van der Waals surface area contributed by atoms with Gasteiger partial charge in [-0.05, 0) is 37.8 Å². The van der Waals surface area contributed by atoms with Crippen LogP contribution in [0.4, 0.5) is 0 Å². The second kappa shape index (κ2) is 7.37. The minimum absolute atomic E-state index is 0.115. The zero-order chi connectivity index (χ0) is 20.0. The molecule has 2 aromatic rings. The lowest BCUT2D eigenvalue weighted by atomic mass is 9.85. The summed E-state index contributed by atoms with van der Waals surface area (Å²) in [6.07, 6.45) is 6.86. The topological polar surface area (TPSA) is 70.6 Å². The second-order valence-corrected chi connectivity index (χ2v) is 9.16. The molecule has 1 aromatic heterocycles. The van der Waals surface area contributed by atoms with Crippen molar-refractivity contribution >= 4 is 39.3 Å². The number of carbonyl (C=O) groups excluding carboxylic acids is 3. The van der Waals surface area contributed by atoms with Crippen molar-refractivity contribution in [1.29, 1.82) is 0 Å². The number of carbonyl (C=O) groups is 3. The van der Waals surface area contributed by atoms with Gasteiger partial charge in [0.05, 0.1) is 27.1 Å². The molecular weight excluding hydrogens is 386 g/mol. The number of fused-ring (bicyclic) bond motifs is 2. The van der Waals surface area contributed by atoms with Crippen LogP contribution in [0.15, 0.2) is 36.4 Å². The third-order valence-corrected chi connectivity index (χ3v) is 7.60. The molecule has 3 aliphatic rings. The van der Waals surface area contributed by atoms with E-state index in [4.69, 9.17) is 4.98 Å². The Balaban J connectivity index is 1.20. The van der Waals surface area contributed by atoms with E-state index < -0.39 is 0 Å². The van der Waals surface area contributed by atoms with Crippen molar-refractivity contribution < 1.29 is 14.4 Å². The van der Waals surface area contributed by atoms with E-state index in [1.165, 1.54) is 9.60 Å². The molecule has 5 rings (SSSR count). The number of amides is 3. The van der Waals surface area contributed by atoms with Crippen molar-refractivity contribution in [3.05, 3.63) is 41.4 Å². The van der Waals surface area contributed by atoms with Gasteiger partial charge in [-0.15, -0.1) is 11.3 Å². The Labute approximate surface area is 173 Å². The van der Waals surface area contributed by atoms with Gasteiger partial charge in [0.1, 0.15) is 6.54 Å². The quantitative estimate of drug-likeness (QED) is 0.577. The normalized spacial score (nSPS) is 25.1. The van der Waals surface area contributed by atoms with E-state index in [0.717, 1.165) is 23.4 Å². The Morgan fingerprint density at radius 2 is 1.69 bits per heavy atom. The van der Waals surface area contributed by atoms with Crippen LogP contribution in [0.5, 0.6) is 0 Å². The van der Waals surface area contributed by atoms with Gasteiger partial charge in [-0.2, -0.15) is 0 Å². The molecule has 150 valence electrons. The van der Waals surface area contributed by atoms with Crippen molar-refractivity contribution in [2.45, 2.75) is 31.6 Å². The number of hydrogen-bond donors (Lipinski definition) is 0. The van der Waals surface area contributed by atoms with Crippen LogP contribution in [0, 0.1) is 11.8 Å². The molecule has 0 bridgehead atoms. The van der Waals surface area contributed by atoms with Crippen molar-refractivity contribution in [2.75, 3.05) is 19.6 Å². The van der Waals surface area contributed by atoms with Crippen LogP contribution < -0.4 is 0 Å². The molecule has 6 nitrogen and oxygen atoms in total. The van der Waals surface area contributed by atoms with E-state index >= 15 is 0 Å². The van der Waals surface area contributed by atoms with Crippen LogP contribution >= 0.6 is 11.3 Å². The first-order chi connectivity index (χ1) is 14.1. The highest BCUT2D eigenvalue weighted by atomic mass is 32.1. The van der Waals surface area contributed by atoms with Gasteiger partial charge in [-0.25, -0.2) is 4.98 Å². The third kappa shape index (κ3) is 3.27. The molecular formula is C22H23N3O3S. The van der Waals surface area contributed by atoms with Gasteiger partial charge in [0, 0.05) is 19.0 Å². The van der Waals surface area contributed by atoms with E-state index in [-0.39, 0.29) is 36.1 Å². The number of allylic oxidation sites excluding steroid dienone is 2. The average molecular weight is 410 g/mol. The van der Waals surface area contributed by atoms with Crippen molar-refractivity contribution in [2.24, 2.45) is 11.8 Å². The molecule has 2 aliphatic heterocycles. The number of likely N-dealkylation sites (tertiary alicyclic amines) is 2. The van der Waals surface area contributed by atoms with E-state index in [0.29, 0.717) is 31.8 Å². The maximum atomic E-state index is 12.8. The largest absolute Gasteiger partial charge is 0.341 e. The SMILES string of the molecule is O=C(CN1C(=O)C2CC=CCC2C1=O)N1CCC(c2nc3ccccc3s2)CC1. The van der Waals surface area contributed by atoms with Crippen LogP contribution in [0.1, 0.15) is 36.6 Å². The predicted octanol–water partition coefficient (Wildman–Crippen LogP) is 2.95. The molecule has 2 fully saturated rings. The number of rotatable bonds is 3. The summed E-state index contributed by atoms with van der Waals surface area (Å²) in [5, 5.41) is 1.14. The molecule has 2 unspecified atom stereocenters. The summed E-state index contributed by atoms with van der Waals surface area (Å²) < 4.78 is 1.20. The molecule has 2 atom stereocenters. The summed E-state index contributed by atoms with van der Waals surface area (Å²) in [6, 6.07) is 8.15. The van der Waals surface area contributed by atoms with Crippen molar-refractivity contribution in [3.8, 4) is 0 Å². The first-order valence-corrected chi connectivity index (χ1v) is 11.1. The molecule has 7 heteroatoms. The van der Waals surface area contributed by atoms with Crippen LogP contribution in [0.2, 0.25) is 0 Å². The van der Waals surface area contributed by atoms with Gasteiger partial charge in [0.2, 0.25) is 17.7 Å². The van der Waals surface area contributed by atoms with E-state index in [2.05, 4.69) is 6.07 Å². The maximum absolute atomic E-state index is 12.8. The van der Waals surface area contributed by atoms with E-state index in [9.17, 15) is 14.4 Å². The zero-order valence-corrected chi connectivity index (χ0v) is 16.9. The fourth-order valence-electron chi connectivity index (χ4n) is 4.70. The van der Waals surface area contributed by atoms with Crippen LogP contribution in [-0.2, 0) is 14.4 Å². The number of thiazole rings is 1. The minimum atomic E-state index is -0.273. The number of imide groups is 1. The van der Waals surface area contributed by atoms with Crippen LogP contribution in [-0.4, -0.2) is 52.1 Å². The third-order valence-electron chi connectivity index (χ3n) is 6.40. The molecule has 0 N–H and O–H groups in total. The first kappa shape index (κ1) is 18.5. The van der Waals surface area contributed by atoms with Gasteiger partial charge >= 0.3 is 0 Å². The fourth-order valence-corrected chi connectivity index (χ4v) is 5.84. The highest BCUT2D eigenvalue weighted by molar-refractivity contribution is 7.18. The first-order valence-electron chi connectivity index (χ1n) is 10.3. The molecule has 0 saturated carbocycles. The standard InChI is InChI=1S/C22H23N3O3S/c26-19(13-25-21(27)15-5-1-2-6-16(15)22(25)28)24-11-9-14(10-12-24)20-23-17-7-3-4-8-18(17)29-20/h1-4,7-8,14-16H,5-6,9-13H2. The van der Waals surface area contributed by atoms with Crippen LogP contribution in [0.25, 0.3) is 10.2 Å². The lowest BCUT2D eigenvalue weighted by molar-refractivity contribution is -0.147. The molecule has 3 heterocycles. The highest BCUT2D eigenvalue weighted by Crippen LogP contribution is 2.36. The summed E-state index contributed by atoms with van der Waals surface area (Å²) >= 11 is 1.73. The Morgan fingerprint density at radius 3 is 2.34 bits per heavy atom. The fraction of sp³-hybridized carbons (Fsp3) is 0.455. The van der Waals surface area contributed by atoms with Gasteiger partial charge in [-0.1, -0.05) is 24.3 Å². The van der Waals surface area contributed by atoms with Crippen LogP contribution in [0.3, 0.4) is 0 Å². The summed E-state index contributed by atoms with van der Waals surface area (Å²) in [7, 11) is 0. The number of hydrogen-bond acceptors (Lipinski definition) is 5. The summed E-state index contributed by atoms with van der Waals surface area (Å²) in [5.74, 6) is -0.666. The molecule has 1 aliphatic carbocycles. The number of piperidine rings is 1. The lowest BCUT2D eigenvalue weighted by Gasteiger charge is -2.32. The van der Waals surface area contributed by atoms with E-state index in [1.54, 1.807) is 16.2 Å². The minimum Gasteiger partial charge on any atom is -0.341 e. The van der Waals surface area contributed by atoms with Gasteiger partial charge < -0.3 is 4.90 Å². The lowest BCUT2D eigenvalue weighted by Crippen LogP contribution is -2.45. The molecule has 2 saturated heterocycles. The molecule has 0 spiro atoms.